The van der Waals surface area contributed by atoms with E-state index in [0.29, 0.717) is 0 Å². The number of thiocarbonyl (C=S) groups is 1. The number of likely N-dealkylation sites (tertiary alicyclic amines) is 1. The Labute approximate surface area is 126 Å². The first-order valence-electron chi connectivity index (χ1n) is 7.18. The van der Waals surface area contributed by atoms with Crippen LogP contribution in [0.5, 0.6) is 0 Å². The Morgan fingerprint density at radius 3 is 2.30 bits per heavy atom. The molecule has 1 aromatic carbocycles. The minimum absolute atomic E-state index is 0.0448. The number of carbonyl (C=O) groups excluding carboxylic acids is 1. The first-order valence-corrected chi connectivity index (χ1v) is 7.59. The second-order valence-electron chi connectivity index (χ2n) is 5.62. The van der Waals surface area contributed by atoms with Gasteiger partial charge in [-0.3, -0.25) is 4.79 Å². The fourth-order valence-corrected chi connectivity index (χ4v) is 3.32. The van der Waals surface area contributed by atoms with Gasteiger partial charge in [0.25, 0.3) is 0 Å². The zero-order valence-electron chi connectivity index (χ0n) is 12.1. The third-order valence-corrected chi connectivity index (χ3v) is 4.35. The molecular weight excluding hydrogens is 268 g/mol. The smallest absolute Gasteiger partial charge is 0.237 e. The van der Waals surface area contributed by atoms with Crippen molar-refractivity contribution in [3.8, 4) is 0 Å². The average Bonchev–Trinajstić information content (AvgIpc) is 2.39. The van der Waals surface area contributed by atoms with Gasteiger partial charge in [0.1, 0.15) is 5.92 Å². The molecule has 0 radical (unpaired) electrons. The molecule has 4 heteroatoms. The van der Waals surface area contributed by atoms with Crippen LogP contribution >= 0.6 is 12.2 Å². The fourth-order valence-electron chi connectivity index (χ4n) is 3.08. The molecule has 1 heterocycles. The molecule has 1 aliphatic rings. The predicted octanol–water partition coefficient (Wildman–Crippen LogP) is 2.85. The second kappa shape index (κ2) is 6.35. The molecule has 108 valence electrons. The molecule has 0 spiro atoms. The van der Waals surface area contributed by atoms with E-state index >= 15 is 0 Å². The van der Waals surface area contributed by atoms with E-state index in [-0.39, 0.29) is 23.0 Å². The molecule has 1 aliphatic heterocycles. The summed E-state index contributed by atoms with van der Waals surface area (Å²) in [6, 6.07) is 10.1. The zero-order valence-corrected chi connectivity index (χ0v) is 12.9. The molecule has 20 heavy (non-hydrogen) atoms. The minimum atomic E-state index is -0.505. The van der Waals surface area contributed by atoms with Crippen molar-refractivity contribution in [3.05, 3.63) is 35.9 Å². The van der Waals surface area contributed by atoms with Crippen molar-refractivity contribution in [2.24, 2.45) is 5.73 Å². The number of rotatable bonds is 3. The summed E-state index contributed by atoms with van der Waals surface area (Å²) in [4.78, 5) is 15.1. The van der Waals surface area contributed by atoms with Gasteiger partial charge in [-0.15, -0.1) is 0 Å². The molecule has 0 saturated carbocycles. The summed E-state index contributed by atoms with van der Waals surface area (Å²) in [5, 5.41) is 0. The maximum absolute atomic E-state index is 12.9. The minimum Gasteiger partial charge on any atom is -0.392 e. The van der Waals surface area contributed by atoms with Gasteiger partial charge in [0.05, 0.1) is 4.99 Å². The van der Waals surface area contributed by atoms with Crippen LogP contribution in [0.2, 0.25) is 0 Å². The molecule has 0 aromatic heterocycles. The number of hydrogen-bond acceptors (Lipinski definition) is 2. The van der Waals surface area contributed by atoms with E-state index in [2.05, 4.69) is 13.8 Å². The topological polar surface area (TPSA) is 46.3 Å². The van der Waals surface area contributed by atoms with Crippen LogP contribution in [0.4, 0.5) is 0 Å². The maximum atomic E-state index is 12.9. The van der Waals surface area contributed by atoms with Crippen molar-refractivity contribution in [1.82, 2.24) is 4.90 Å². The predicted molar refractivity (Wildman–Crippen MR) is 85.6 cm³/mol. The van der Waals surface area contributed by atoms with Gasteiger partial charge in [-0.2, -0.15) is 0 Å². The van der Waals surface area contributed by atoms with Gasteiger partial charge in [-0.25, -0.2) is 0 Å². The Kier molecular flexibility index (Phi) is 4.76. The summed E-state index contributed by atoms with van der Waals surface area (Å²) >= 11 is 5.15. The molecule has 3 atom stereocenters. The Morgan fingerprint density at radius 2 is 1.80 bits per heavy atom. The summed E-state index contributed by atoms with van der Waals surface area (Å²) in [5.74, 6) is -0.461. The number of nitrogens with zero attached hydrogens (tertiary/aromatic N) is 1. The lowest BCUT2D eigenvalue weighted by Gasteiger charge is -2.40. The first-order chi connectivity index (χ1) is 9.52. The number of amides is 1. The van der Waals surface area contributed by atoms with Gasteiger partial charge >= 0.3 is 0 Å². The van der Waals surface area contributed by atoms with Crippen molar-refractivity contribution in [1.29, 1.82) is 0 Å². The maximum Gasteiger partial charge on any atom is 0.237 e. The number of hydrogen-bond donors (Lipinski definition) is 1. The Morgan fingerprint density at radius 1 is 1.25 bits per heavy atom. The Hall–Kier alpha value is -1.42. The van der Waals surface area contributed by atoms with E-state index in [9.17, 15) is 4.79 Å². The SMILES string of the molecule is C[C@@H]1CCC[C@H](C)N1C(=O)C(C(N)=S)c1ccccc1. The summed E-state index contributed by atoms with van der Waals surface area (Å²) in [5.41, 5.74) is 6.74. The number of carbonyl (C=O) groups is 1. The molecule has 1 aromatic rings. The van der Waals surface area contributed by atoms with E-state index in [0.717, 1.165) is 18.4 Å². The molecule has 2 N–H and O–H groups in total. The Bertz CT molecular complexity index is 479. The van der Waals surface area contributed by atoms with Gasteiger partial charge in [-0.05, 0) is 38.7 Å². The lowest BCUT2D eigenvalue weighted by molar-refractivity contribution is -0.137. The van der Waals surface area contributed by atoms with Crippen molar-refractivity contribution in [2.45, 2.75) is 51.1 Å². The van der Waals surface area contributed by atoms with E-state index < -0.39 is 5.92 Å². The van der Waals surface area contributed by atoms with Gasteiger partial charge in [0.15, 0.2) is 0 Å². The number of benzene rings is 1. The average molecular weight is 290 g/mol. The molecule has 0 bridgehead atoms. The molecule has 1 fully saturated rings. The molecule has 1 saturated heterocycles. The quantitative estimate of drug-likeness (QED) is 0.871. The molecule has 1 amide bonds. The highest BCUT2D eigenvalue weighted by Crippen LogP contribution is 2.28. The van der Waals surface area contributed by atoms with Crippen molar-refractivity contribution in [2.75, 3.05) is 0 Å². The summed E-state index contributed by atoms with van der Waals surface area (Å²) in [6.45, 7) is 4.21. The molecular formula is C16H22N2OS. The highest BCUT2D eigenvalue weighted by molar-refractivity contribution is 7.80. The van der Waals surface area contributed by atoms with Crippen LogP contribution in [0.1, 0.15) is 44.6 Å². The summed E-state index contributed by atoms with van der Waals surface area (Å²) in [7, 11) is 0. The lowest BCUT2D eigenvalue weighted by atomic mass is 9.92. The van der Waals surface area contributed by atoms with Crippen LogP contribution in [0.25, 0.3) is 0 Å². The largest absolute Gasteiger partial charge is 0.392 e. The molecule has 2 rings (SSSR count). The van der Waals surface area contributed by atoms with Gasteiger partial charge in [0.2, 0.25) is 5.91 Å². The third kappa shape index (κ3) is 3.01. The third-order valence-electron chi connectivity index (χ3n) is 4.11. The first kappa shape index (κ1) is 15.0. The Balaban J connectivity index is 2.30. The zero-order chi connectivity index (χ0) is 14.7. The van der Waals surface area contributed by atoms with Crippen LogP contribution in [0.15, 0.2) is 30.3 Å². The highest BCUT2D eigenvalue weighted by Gasteiger charge is 2.35. The van der Waals surface area contributed by atoms with E-state index in [4.69, 9.17) is 18.0 Å². The van der Waals surface area contributed by atoms with Crippen LogP contribution in [-0.2, 0) is 4.79 Å². The van der Waals surface area contributed by atoms with Crippen molar-refractivity contribution >= 4 is 23.1 Å². The second-order valence-corrected chi connectivity index (χ2v) is 6.09. The fraction of sp³-hybridized carbons (Fsp3) is 0.500. The van der Waals surface area contributed by atoms with Gasteiger partial charge < -0.3 is 10.6 Å². The summed E-state index contributed by atoms with van der Waals surface area (Å²) in [6.07, 6.45) is 3.28. The standard InChI is InChI=1S/C16H22N2OS/c1-11-7-6-8-12(2)18(11)16(19)14(15(17)20)13-9-4-3-5-10-13/h3-5,9-12,14H,6-8H2,1-2H3,(H2,17,20)/t11-,12+,14?. The van der Waals surface area contributed by atoms with Crippen LogP contribution in [0, 0.1) is 0 Å². The normalized spacial score (nSPS) is 24.2. The number of nitrogens with two attached hydrogens (primary N) is 1. The van der Waals surface area contributed by atoms with E-state index in [1.807, 2.05) is 35.2 Å². The van der Waals surface area contributed by atoms with E-state index in [1.165, 1.54) is 6.42 Å². The summed E-state index contributed by atoms with van der Waals surface area (Å²) < 4.78 is 0. The number of piperidine rings is 1. The lowest BCUT2D eigenvalue weighted by Crippen LogP contribution is -2.51. The molecule has 3 nitrogen and oxygen atoms in total. The monoisotopic (exact) mass is 290 g/mol. The van der Waals surface area contributed by atoms with Crippen LogP contribution in [0.3, 0.4) is 0 Å². The van der Waals surface area contributed by atoms with E-state index in [1.54, 1.807) is 0 Å². The molecule has 1 unspecified atom stereocenters. The molecule has 0 aliphatic carbocycles. The van der Waals surface area contributed by atoms with Crippen molar-refractivity contribution in [3.63, 3.8) is 0 Å². The van der Waals surface area contributed by atoms with Gasteiger partial charge in [0, 0.05) is 12.1 Å². The van der Waals surface area contributed by atoms with Crippen molar-refractivity contribution < 1.29 is 4.79 Å². The van der Waals surface area contributed by atoms with Crippen LogP contribution < -0.4 is 5.73 Å². The van der Waals surface area contributed by atoms with Crippen LogP contribution in [-0.4, -0.2) is 27.9 Å². The van der Waals surface area contributed by atoms with Gasteiger partial charge in [-0.1, -0.05) is 42.5 Å². The highest BCUT2D eigenvalue weighted by atomic mass is 32.1.